The highest BCUT2D eigenvalue weighted by atomic mass is 16.4. The van der Waals surface area contributed by atoms with E-state index in [0.29, 0.717) is 6.42 Å². The van der Waals surface area contributed by atoms with Crippen molar-refractivity contribution >= 4 is 5.97 Å². The molecule has 2 unspecified atom stereocenters. The maximum absolute atomic E-state index is 10.2. The summed E-state index contributed by atoms with van der Waals surface area (Å²) in [6.45, 7) is 3.21. The van der Waals surface area contributed by atoms with Crippen molar-refractivity contribution in [2.24, 2.45) is 5.92 Å². The second-order valence-corrected chi connectivity index (χ2v) is 4.20. The Morgan fingerprint density at radius 3 is 2.93 bits per heavy atom. The van der Waals surface area contributed by atoms with Gasteiger partial charge in [-0.15, -0.1) is 0 Å². The third kappa shape index (κ3) is 4.61. The molecule has 3 heteroatoms. The van der Waals surface area contributed by atoms with Gasteiger partial charge in [0.15, 0.2) is 0 Å². The molecule has 0 heterocycles. The first-order chi connectivity index (χ1) is 6.74. The summed E-state index contributed by atoms with van der Waals surface area (Å²) < 4.78 is 0. The van der Waals surface area contributed by atoms with E-state index in [-0.39, 0.29) is 0 Å². The monoisotopic (exact) mass is 199 g/mol. The Morgan fingerprint density at radius 2 is 2.29 bits per heavy atom. The molecule has 0 spiro atoms. The molecule has 0 aromatic rings. The van der Waals surface area contributed by atoms with Crippen LogP contribution >= 0.6 is 0 Å². The topological polar surface area (TPSA) is 49.3 Å². The molecule has 0 aromatic heterocycles. The number of rotatable bonds is 8. The second kappa shape index (κ2) is 6.02. The third-order valence-corrected chi connectivity index (χ3v) is 2.81. The van der Waals surface area contributed by atoms with Gasteiger partial charge in [0.1, 0.15) is 0 Å². The Bertz CT molecular complexity index is 182. The van der Waals surface area contributed by atoms with E-state index in [1.165, 1.54) is 19.3 Å². The molecule has 0 radical (unpaired) electrons. The van der Waals surface area contributed by atoms with Gasteiger partial charge in [0.2, 0.25) is 0 Å². The summed E-state index contributed by atoms with van der Waals surface area (Å²) in [4.78, 5) is 10.2. The molecule has 0 saturated heterocycles. The quantitative estimate of drug-likeness (QED) is 0.588. The summed E-state index contributed by atoms with van der Waals surface area (Å²) in [5.74, 6) is 0.222. The highest BCUT2D eigenvalue weighted by molar-refractivity contribution is 5.66. The lowest BCUT2D eigenvalue weighted by molar-refractivity contribution is -0.137. The zero-order chi connectivity index (χ0) is 10.4. The van der Waals surface area contributed by atoms with Gasteiger partial charge < -0.3 is 10.4 Å². The summed E-state index contributed by atoms with van der Waals surface area (Å²) in [6.07, 6.45) is 6.04. The Morgan fingerprint density at radius 1 is 1.50 bits per heavy atom. The average molecular weight is 199 g/mol. The molecule has 0 bridgehead atoms. The fourth-order valence-electron chi connectivity index (χ4n) is 1.88. The molecule has 0 amide bonds. The molecule has 3 nitrogen and oxygen atoms in total. The minimum Gasteiger partial charge on any atom is -0.481 e. The number of aliphatic carboxylic acids is 1. The van der Waals surface area contributed by atoms with Crippen molar-refractivity contribution in [3.05, 3.63) is 0 Å². The summed E-state index contributed by atoms with van der Waals surface area (Å²) in [6, 6.07) is 0.736. The van der Waals surface area contributed by atoms with E-state index in [0.717, 1.165) is 31.3 Å². The number of nitrogens with one attached hydrogen (secondary N) is 1. The van der Waals surface area contributed by atoms with Crippen molar-refractivity contribution in [2.75, 3.05) is 6.54 Å². The van der Waals surface area contributed by atoms with Crippen molar-refractivity contribution in [3.8, 4) is 0 Å². The maximum atomic E-state index is 10.2. The number of carbonyl (C=O) groups is 1. The van der Waals surface area contributed by atoms with Crippen LogP contribution in [0.15, 0.2) is 0 Å². The first-order valence-electron chi connectivity index (χ1n) is 5.69. The second-order valence-electron chi connectivity index (χ2n) is 4.20. The zero-order valence-corrected chi connectivity index (χ0v) is 8.96. The molecule has 1 rings (SSSR count). The van der Waals surface area contributed by atoms with Crippen LogP contribution in [0, 0.1) is 5.92 Å². The molecule has 0 aliphatic heterocycles. The standard InChI is InChI=1S/C11H21NO2/c1-2-5-9-8-10(9)12-7-4-3-6-11(13)14/h9-10,12H,2-8H2,1H3,(H,13,14). The van der Waals surface area contributed by atoms with Crippen LogP contribution in [0.2, 0.25) is 0 Å². The first-order valence-corrected chi connectivity index (χ1v) is 5.69. The molecule has 1 fully saturated rings. The van der Waals surface area contributed by atoms with Gasteiger partial charge in [-0.1, -0.05) is 13.3 Å². The van der Waals surface area contributed by atoms with Crippen LogP contribution < -0.4 is 5.32 Å². The molecule has 14 heavy (non-hydrogen) atoms. The maximum Gasteiger partial charge on any atom is 0.303 e. The van der Waals surface area contributed by atoms with E-state index in [9.17, 15) is 4.79 Å². The minimum atomic E-state index is -0.680. The van der Waals surface area contributed by atoms with Crippen LogP contribution in [-0.2, 0) is 4.79 Å². The van der Waals surface area contributed by atoms with Crippen LogP contribution in [0.3, 0.4) is 0 Å². The van der Waals surface area contributed by atoms with Crippen LogP contribution in [0.1, 0.15) is 45.4 Å². The van der Waals surface area contributed by atoms with E-state index in [1.807, 2.05) is 0 Å². The Labute approximate surface area is 85.9 Å². The van der Waals surface area contributed by atoms with Gasteiger partial charge in [0, 0.05) is 12.5 Å². The van der Waals surface area contributed by atoms with Crippen molar-refractivity contribution in [1.82, 2.24) is 5.32 Å². The number of carboxylic acids is 1. The van der Waals surface area contributed by atoms with Crippen molar-refractivity contribution in [3.63, 3.8) is 0 Å². The fraction of sp³-hybridized carbons (Fsp3) is 0.909. The Balaban J connectivity index is 1.84. The smallest absolute Gasteiger partial charge is 0.303 e. The van der Waals surface area contributed by atoms with Crippen molar-refractivity contribution < 1.29 is 9.90 Å². The normalized spacial score (nSPS) is 24.9. The predicted molar refractivity (Wildman–Crippen MR) is 56.3 cm³/mol. The lowest BCUT2D eigenvalue weighted by Gasteiger charge is -2.02. The number of unbranched alkanes of at least 4 members (excludes halogenated alkanes) is 1. The molecule has 1 aliphatic carbocycles. The molecule has 2 N–H and O–H groups in total. The Kier molecular flexibility index (Phi) is 4.94. The summed E-state index contributed by atoms with van der Waals surface area (Å²) in [5.41, 5.74) is 0. The van der Waals surface area contributed by atoms with Crippen LogP contribution in [0.5, 0.6) is 0 Å². The highest BCUT2D eigenvalue weighted by Gasteiger charge is 2.34. The van der Waals surface area contributed by atoms with Gasteiger partial charge in [-0.2, -0.15) is 0 Å². The number of carboxylic acid groups (broad SMARTS) is 1. The SMILES string of the molecule is CCCC1CC1NCCCCC(=O)O. The zero-order valence-electron chi connectivity index (χ0n) is 8.96. The molecule has 1 aliphatic rings. The van der Waals surface area contributed by atoms with Crippen LogP contribution in [-0.4, -0.2) is 23.7 Å². The molecule has 82 valence electrons. The third-order valence-electron chi connectivity index (χ3n) is 2.81. The van der Waals surface area contributed by atoms with E-state index in [2.05, 4.69) is 12.2 Å². The fourth-order valence-corrected chi connectivity index (χ4v) is 1.88. The van der Waals surface area contributed by atoms with Crippen LogP contribution in [0.4, 0.5) is 0 Å². The molecular weight excluding hydrogens is 178 g/mol. The lowest BCUT2D eigenvalue weighted by Crippen LogP contribution is -2.19. The van der Waals surface area contributed by atoms with E-state index >= 15 is 0 Å². The lowest BCUT2D eigenvalue weighted by atomic mass is 10.2. The van der Waals surface area contributed by atoms with Gasteiger partial charge in [0.25, 0.3) is 0 Å². The van der Waals surface area contributed by atoms with Gasteiger partial charge >= 0.3 is 5.97 Å². The average Bonchev–Trinajstić information content (AvgIpc) is 2.83. The molecule has 1 saturated carbocycles. The van der Waals surface area contributed by atoms with E-state index < -0.39 is 5.97 Å². The molecule has 2 atom stereocenters. The van der Waals surface area contributed by atoms with Crippen molar-refractivity contribution in [2.45, 2.75) is 51.5 Å². The van der Waals surface area contributed by atoms with E-state index in [1.54, 1.807) is 0 Å². The number of hydrogen-bond acceptors (Lipinski definition) is 2. The number of hydrogen-bond donors (Lipinski definition) is 2. The van der Waals surface area contributed by atoms with Crippen molar-refractivity contribution in [1.29, 1.82) is 0 Å². The summed E-state index contributed by atoms with van der Waals surface area (Å²) in [5, 5.41) is 11.9. The van der Waals surface area contributed by atoms with Gasteiger partial charge in [-0.25, -0.2) is 0 Å². The van der Waals surface area contributed by atoms with Gasteiger partial charge in [-0.05, 0) is 38.1 Å². The van der Waals surface area contributed by atoms with Crippen LogP contribution in [0.25, 0.3) is 0 Å². The highest BCUT2D eigenvalue weighted by Crippen LogP contribution is 2.34. The summed E-state index contributed by atoms with van der Waals surface area (Å²) in [7, 11) is 0. The van der Waals surface area contributed by atoms with E-state index in [4.69, 9.17) is 5.11 Å². The first kappa shape index (κ1) is 11.5. The molecule has 0 aromatic carbocycles. The largest absolute Gasteiger partial charge is 0.481 e. The minimum absolute atomic E-state index is 0.310. The Hall–Kier alpha value is -0.570. The van der Waals surface area contributed by atoms with Gasteiger partial charge in [-0.3, -0.25) is 4.79 Å². The van der Waals surface area contributed by atoms with Gasteiger partial charge in [0.05, 0.1) is 0 Å². The summed E-state index contributed by atoms with van der Waals surface area (Å²) >= 11 is 0. The predicted octanol–water partition coefficient (Wildman–Crippen LogP) is 2.02. The molecular formula is C11H21NO2.